The summed E-state index contributed by atoms with van der Waals surface area (Å²) in [7, 11) is 0. The third-order valence-corrected chi connectivity index (χ3v) is 2.49. The van der Waals surface area contributed by atoms with Crippen LogP contribution in [0, 0.1) is 0 Å². The molecule has 0 aromatic rings. The molecule has 0 bridgehead atoms. The van der Waals surface area contributed by atoms with Crippen molar-refractivity contribution >= 4 is 0 Å². The Kier molecular flexibility index (Phi) is 2.74. The van der Waals surface area contributed by atoms with Gasteiger partial charge in [-0.15, -0.1) is 0 Å². The maximum atomic E-state index is 5.68. The van der Waals surface area contributed by atoms with Crippen molar-refractivity contribution in [3.05, 3.63) is 11.5 Å². The molecular formula is C10H18N2O. The number of nitrogens with zero attached hydrogens (tertiary/aromatic N) is 1. The highest BCUT2D eigenvalue weighted by Gasteiger charge is 2.24. The number of piperazine rings is 1. The number of nitrogens with one attached hydrogen (secondary N) is 1. The summed E-state index contributed by atoms with van der Waals surface area (Å²) in [6.45, 7) is 7.22. The lowest BCUT2D eigenvalue weighted by molar-refractivity contribution is 0.110. The van der Waals surface area contributed by atoms with Crippen LogP contribution in [0.3, 0.4) is 0 Å². The molecule has 2 aliphatic rings. The van der Waals surface area contributed by atoms with Crippen molar-refractivity contribution in [3.8, 4) is 0 Å². The second-order valence-electron chi connectivity index (χ2n) is 3.58. The fraction of sp³-hybridized carbons (Fsp3) is 0.800. The van der Waals surface area contributed by atoms with E-state index in [1.54, 1.807) is 0 Å². The molecule has 2 fully saturated rings. The third kappa shape index (κ3) is 2.15. The summed E-state index contributed by atoms with van der Waals surface area (Å²) in [6, 6.07) is 0. The van der Waals surface area contributed by atoms with Crippen LogP contribution in [0.1, 0.15) is 19.8 Å². The summed E-state index contributed by atoms with van der Waals surface area (Å²) in [5, 5.41) is 3.35. The average molecular weight is 182 g/mol. The Balaban J connectivity index is 1.98. The number of allylic oxidation sites excluding steroid dienone is 1. The fourth-order valence-electron chi connectivity index (χ4n) is 1.70. The Labute approximate surface area is 79.7 Å². The van der Waals surface area contributed by atoms with Gasteiger partial charge in [-0.25, -0.2) is 0 Å². The summed E-state index contributed by atoms with van der Waals surface area (Å²) < 4.78 is 5.68. The van der Waals surface area contributed by atoms with Gasteiger partial charge in [-0.1, -0.05) is 0 Å². The zero-order chi connectivity index (χ0) is 9.10. The van der Waals surface area contributed by atoms with Crippen molar-refractivity contribution < 1.29 is 4.74 Å². The van der Waals surface area contributed by atoms with Crippen molar-refractivity contribution in [2.45, 2.75) is 19.8 Å². The van der Waals surface area contributed by atoms with E-state index in [2.05, 4.69) is 17.1 Å². The average Bonchev–Trinajstić information content (AvgIpc) is 2.99. The Morgan fingerprint density at radius 1 is 1.38 bits per heavy atom. The summed E-state index contributed by atoms with van der Waals surface area (Å²) >= 11 is 0. The van der Waals surface area contributed by atoms with Crippen LogP contribution in [0.2, 0.25) is 0 Å². The zero-order valence-electron chi connectivity index (χ0n) is 8.31. The highest BCUT2D eigenvalue weighted by atomic mass is 16.5. The first-order chi connectivity index (χ1) is 6.42. The first kappa shape index (κ1) is 8.88. The van der Waals surface area contributed by atoms with Gasteiger partial charge in [0.2, 0.25) is 0 Å². The Morgan fingerprint density at radius 3 is 2.62 bits per heavy atom. The molecule has 1 saturated heterocycles. The lowest BCUT2D eigenvalue weighted by atomic mass is 10.3. The number of rotatable bonds is 3. The molecule has 3 heteroatoms. The maximum absolute atomic E-state index is 5.68. The topological polar surface area (TPSA) is 24.5 Å². The summed E-state index contributed by atoms with van der Waals surface area (Å²) in [5.41, 5.74) is 1.52. The Bertz CT molecular complexity index is 201. The molecule has 0 spiro atoms. The standard InChI is InChI=1S/C10H18N2O/c1-2-13-10(9-3-4-9)12-7-5-11-6-8-12/h11H,2-8H2,1H3. The molecule has 1 saturated carbocycles. The monoisotopic (exact) mass is 182 g/mol. The van der Waals surface area contributed by atoms with Crippen molar-refractivity contribution in [2.75, 3.05) is 32.8 Å². The van der Waals surface area contributed by atoms with Crippen molar-refractivity contribution in [2.24, 2.45) is 0 Å². The van der Waals surface area contributed by atoms with Gasteiger partial charge in [-0.05, 0) is 25.3 Å². The first-order valence-electron chi connectivity index (χ1n) is 5.22. The van der Waals surface area contributed by atoms with E-state index in [1.165, 1.54) is 24.3 Å². The molecular weight excluding hydrogens is 164 g/mol. The maximum Gasteiger partial charge on any atom is 0.188 e. The molecule has 0 amide bonds. The Morgan fingerprint density at radius 2 is 2.08 bits per heavy atom. The van der Waals surface area contributed by atoms with Crippen molar-refractivity contribution in [1.82, 2.24) is 10.2 Å². The van der Waals surface area contributed by atoms with E-state index in [0.717, 1.165) is 32.8 Å². The van der Waals surface area contributed by atoms with E-state index >= 15 is 0 Å². The predicted octanol–water partition coefficient (Wildman–Crippen LogP) is 0.933. The van der Waals surface area contributed by atoms with Crippen molar-refractivity contribution in [1.29, 1.82) is 0 Å². The van der Waals surface area contributed by atoms with Gasteiger partial charge in [0, 0.05) is 26.2 Å². The van der Waals surface area contributed by atoms with E-state index in [0.29, 0.717) is 0 Å². The minimum Gasteiger partial charge on any atom is -0.479 e. The van der Waals surface area contributed by atoms with Gasteiger partial charge in [-0.3, -0.25) is 0 Å². The highest BCUT2D eigenvalue weighted by Crippen LogP contribution is 2.33. The summed E-state index contributed by atoms with van der Waals surface area (Å²) in [6.07, 6.45) is 2.50. The van der Waals surface area contributed by atoms with Gasteiger partial charge in [0.25, 0.3) is 0 Å². The van der Waals surface area contributed by atoms with E-state index in [-0.39, 0.29) is 0 Å². The molecule has 0 unspecified atom stereocenters. The molecule has 1 aliphatic carbocycles. The highest BCUT2D eigenvalue weighted by molar-refractivity contribution is 5.21. The van der Waals surface area contributed by atoms with Crippen LogP contribution >= 0.6 is 0 Å². The van der Waals surface area contributed by atoms with Crippen LogP contribution in [0.5, 0.6) is 0 Å². The minimum absolute atomic E-state index is 0.794. The molecule has 1 N–H and O–H groups in total. The molecule has 13 heavy (non-hydrogen) atoms. The molecule has 3 nitrogen and oxygen atoms in total. The molecule has 1 aliphatic heterocycles. The largest absolute Gasteiger partial charge is 0.479 e. The summed E-state index contributed by atoms with van der Waals surface area (Å²) in [5.74, 6) is 1.18. The molecule has 0 atom stereocenters. The van der Waals surface area contributed by atoms with Crippen LogP contribution in [0.15, 0.2) is 11.5 Å². The number of hydrogen-bond acceptors (Lipinski definition) is 3. The molecule has 0 aromatic carbocycles. The Hall–Kier alpha value is -0.700. The summed E-state index contributed by atoms with van der Waals surface area (Å²) in [4.78, 5) is 2.38. The third-order valence-electron chi connectivity index (χ3n) is 2.49. The van der Waals surface area contributed by atoms with Crippen molar-refractivity contribution in [3.63, 3.8) is 0 Å². The SMILES string of the molecule is CCOC(=C1CC1)N1CCNCC1. The van der Waals surface area contributed by atoms with E-state index in [1.807, 2.05) is 0 Å². The molecule has 2 rings (SSSR count). The predicted molar refractivity (Wildman–Crippen MR) is 52.3 cm³/mol. The quantitative estimate of drug-likeness (QED) is 0.657. The van der Waals surface area contributed by atoms with Gasteiger partial charge in [0.1, 0.15) is 0 Å². The normalized spacial score (nSPS) is 21.6. The first-order valence-corrected chi connectivity index (χ1v) is 5.22. The van der Waals surface area contributed by atoms with Gasteiger partial charge >= 0.3 is 0 Å². The molecule has 74 valence electrons. The van der Waals surface area contributed by atoms with Gasteiger partial charge in [0.05, 0.1) is 6.61 Å². The molecule has 0 radical (unpaired) electrons. The minimum atomic E-state index is 0.794. The lowest BCUT2D eigenvalue weighted by Gasteiger charge is -2.30. The van der Waals surface area contributed by atoms with Gasteiger partial charge in [-0.2, -0.15) is 0 Å². The zero-order valence-corrected chi connectivity index (χ0v) is 8.31. The van der Waals surface area contributed by atoms with Gasteiger partial charge < -0.3 is 15.0 Å². The van der Waals surface area contributed by atoms with E-state index in [4.69, 9.17) is 4.74 Å². The lowest BCUT2D eigenvalue weighted by Crippen LogP contribution is -2.43. The van der Waals surface area contributed by atoms with Crippen LogP contribution in [0.25, 0.3) is 0 Å². The van der Waals surface area contributed by atoms with Crippen LogP contribution in [-0.4, -0.2) is 37.7 Å². The second kappa shape index (κ2) is 4.01. The van der Waals surface area contributed by atoms with Crippen LogP contribution in [0.4, 0.5) is 0 Å². The second-order valence-corrected chi connectivity index (χ2v) is 3.58. The fourth-order valence-corrected chi connectivity index (χ4v) is 1.70. The van der Waals surface area contributed by atoms with E-state index in [9.17, 15) is 0 Å². The smallest absolute Gasteiger partial charge is 0.188 e. The van der Waals surface area contributed by atoms with E-state index < -0.39 is 0 Å². The number of ether oxygens (including phenoxy) is 1. The number of hydrogen-bond donors (Lipinski definition) is 1. The van der Waals surface area contributed by atoms with Crippen LogP contribution < -0.4 is 5.32 Å². The van der Waals surface area contributed by atoms with Gasteiger partial charge in [0.15, 0.2) is 5.88 Å². The molecule has 0 aromatic heterocycles. The molecule has 1 heterocycles. The van der Waals surface area contributed by atoms with Crippen LogP contribution in [-0.2, 0) is 4.74 Å².